The lowest BCUT2D eigenvalue weighted by atomic mass is 9.82. The van der Waals surface area contributed by atoms with Crippen LogP contribution < -0.4 is 9.80 Å². The van der Waals surface area contributed by atoms with Crippen LogP contribution in [0.25, 0.3) is 0 Å². The smallest absolute Gasteiger partial charge is 0.0671 e. The Morgan fingerprint density at radius 2 is 0.775 bits per heavy atom. The summed E-state index contributed by atoms with van der Waals surface area (Å²) >= 11 is 0. The van der Waals surface area contributed by atoms with Crippen molar-refractivity contribution in [3.8, 4) is 0 Å². The van der Waals surface area contributed by atoms with Crippen LogP contribution in [0.2, 0.25) is 0 Å². The van der Waals surface area contributed by atoms with Gasteiger partial charge in [-0.15, -0.1) is 0 Å². The van der Waals surface area contributed by atoms with E-state index in [-0.39, 0.29) is 11.0 Å². The van der Waals surface area contributed by atoms with Crippen molar-refractivity contribution >= 4 is 28.4 Å². The topological polar surface area (TPSA) is 6.48 Å². The summed E-state index contributed by atoms with van der Waals surface area (Å²) in [5.41, 5.74) is 8.30. The molecule has 0 aliphatic carbocycles. The average Bonchev–Trinajstić information content (AvgIpc) is 2.99. The average molecular weight is 525 g/mol. The number of anilines is 5. The van der Waals surface area contributed by atoms with Crippen molar-refractivity contribution in [1.82, 2.24) is 0 Å². The van der Waals surface area contributed by atoms with E-state index in [1.165, 1.54) is 22.5 Å². The van der Waals surface area contributed by atoms with Crippen molar-refractivity contribution in [2.75, 3.05) is 9.80 Å². The van der Waals surface area contributed by atoms with Crippen LogP contribution in [0.15, 0.2) is 140 Å². The maximum Gasteiger partial charge on any atom is 0.0671 e. The highest BCUT2D eigenvalue weighted by Gasteiger charge is 2.34. The van der Waals surface area contributed by atoms with Crippen LogP contribution in [-0.4, -0.2) is 0 Å². The van der Waals surface area contributed by atoms with Crippen molar-refractivity contribution in [3.63, 3.8) is 0 Å². The van der Waals surface area contributed by atoms with E-state index in [1.807, 2.05) is 0 Å². The Labute approximate surface area is 240 Å². The first-order valence-corrected chi connectivity index (χ1v) is 14.3. The van der Waals surface area contributed by atoms with E-state index in [2.05, 4.69) is 184 Å². The Morgan fingerprint density at radius 1 is 0.425 bits per heavy atom. The number of para-hydroxylation sites is 3. The molecule has 0 radical (unpaired) electrons. The molecule has 2 heteroatoms. The Kier molecular flexibility index (Phi) is 7.80. The normalized spacial score (nSPS) is 12.9. The molecular weight excluding hydrogens is 484 g/mol. The van der Waals surface area contributed by atoms with Crippen LogP contribution in [0.5, 0.6) is 0 Å². The second kappa shape index (κ2) is 11.4. The lowest BCUT2D eigenvalue weighted by molar-refractivity contribution is 0.463. The summed E-state index contributed by atoms with van der Waals surface area (Å²) in [5, 5.41) is 0. The van der Waals surface area contributed by atoms with Gasteiger partial charge in [-0.05, 0) is 90.6 Å². The zero-order valence-corrected chi connectivity index (χ0v) is 24.4. The van der Waals surface area contributed by atoms with Gasteiger partial charge in [-0.3, -0.25) is 0 Å². The molecule has 40 heavy (non-hydrogen) atoms. The molecule has 1 unspecified atom stereocenters. The number of hydrogen-bond donors (Lipinski definition) is 0. The molecule has 5 rings (SSSR count). The zero-order valence-electron chi connectivity index (χ0n) is 24.4. The third-order valence-corrected chi connectivity index (χ3v) is 7.96. The fourth-order valence-electron chi connectivity index (χ4n) is 5.47. The van der Waals surface area contributed by atoms with Crippen molar-refractivity contribution in [3.05, 3.63) is 151 Å². The summed E-state index contributed by atoms with van der Waals surface area (Å²) in [7, 11) is 0. The molecule has 0 aliphatic heterocycles. The Hall–Kier alpha value is -4.30. The van der Waals surface area contributed by atoms with E-state index in [0.717, 1.165) is 23.5 Å². The Balaban J connectivity index is 1.59. The van der Waals surface area contributed by atoms with Gasteiger partial charge in [0.15, 0.2) is 0 Å². The molecule has 0 aromatic heterocycles. The van der Waals surface area contributed by atoms with E-state index in [4.69, 9.17) is 0 Å². The molecule has 0 saturated heterocycles. The minimum absolute atomic E-state index is 0.124. The predicted molar refractivity (Wildman–Crippen MR) is 172 cm³/mol. The molecule has 202 valence electrons. The molecule has 0 spiro atoms. The summed E-state index contributed by atoms with van der Waals surface area (Å²) < 4.78 is 0. The lowest BCUT2D eigenvalue weighted by Gasteiger charge is -2.43. The molecular formula is C38H40N2. The molecule has 0 N–H and O–H groups in total. The molecule has 5 aromatic rings. The zero-order chi connectivity index (χ0) is 28.2. The van der Waals surface area contributed by atoms with Gasteiger partial charge in [0.25, 0.3) is 0 Å². The fourth-order valence-corrected chi connectivity index (χ4v) is 5.47. The molecule has 0 bridgehead atoms. The van der Waals surface area contributed by atoms with E-state index in [0.29, 0.717) is 0 Å². The fraction of sp³-hybridized carbons (Fsp3) is 0.211. The van der Waals surface area contributed by atoms with Crippen LogP contribution in [0.3, 0.4) is 0 Å². The molecule has 0 heterocycles. The second-order valence-corrected chi connectivity index (χ2v) is 11.6. The summed E-state index contributed by atoms with van der Waals surface area (Å²) in [6, 6.07) is 50.1. The van der Waals surface area contributed by atoms with Crippen molar-refractivity contribution in [2.45, 2.75) is 52.0 Å². The molecule has 2 nitrogen and oxygen atoms in total. The van der Waals surface area contributed by atoms with Gasteiger partial charge in [0, 0.05) is 28.4 Å². The highest BCUT2D eigenvalue weighted by atomic mass is 15.2. The van der Waals surface area contributed by atoms with E-state index in [1.54, 1.807) is 0 Å². The van der Waals surface area contributed by atoms with E-state index >= 15 is 0 Å². The van der Waals surface area contributed by atoms with Gasteiger partial charge >= 0.3 is 0 Å². The van der Waals surface area contributed by atoms with Gasteiger partial charge in [-0.1, -0.05) is 107 Å². The lowest BCUT2D eigenvalue weighted by Crippen LogP contribution is -2.40. The monoisotopic (exact) mass is 524 g/mol. The number of rotatable bonds is 8. The van der Waals surface area contributed by atoms with Gasteiger partial charge in [-0.2, -0.15) is 0 Å². The summed E-state index contributed by atoms with van der Waals surface area (Å²) in [4.78, 5) is 4.80. The molecule has 5 aromatic carbocycles. The largest absolute Gasteiger partial charge is 0.331 e. The van der Waals surface area contributed by atoms with Gasteiger partial charge in [0.05, 0.1) is 5.54 Å². The van der Waals surface area contributed by atoms with Crippen LogP contribution in [0.1, 0.15) is 52.2 Å². The number of nitrogens with zero attached hydrogens (tertiary/aromatic N) is 2. The molecule has 1 atom stereocenters. The maximum atomic E-state index is 2.50. The third-order valence-electron chi connectivity index (χ3n) is 7.96. The number of benzene rings is 5. The van der Waals surface area contributed by atoms with Crippen LogP contribution in [-0.2, 0) is 11.0 Å². The SMILES string of the molecule is CCC(C)(c1ccc(C(C)(C)C)cc1)N(c1ccccc1)c1ccc(N(c2ccccc2)c2ccccc2)cc1. The highest BCUT2D eigenvalue weighted by molar-refractivity contribution is 5.78. The minimum Gasteiger partial charge on any atom is -0.331 e. The predicted octanol–water partition coefficient (Wildman–Crippen LogP) is 10.9. The van der Waals surface area contributed by atoms with Gasteiger partial charge < -0.3 is 9.80 Å². The van der Waals surface area contributed by atoms with Gasteiger partial charge in [-0.25, -0.2) is 0 Å². The van der Waals surface area contributed by atoms with E-state index < -0.39 is 0 Å². The first-order valence-electron chi connectivity index (χ1n) is 14.3. The molecule has 0 saturated carbocycles. The van der Waals surface area contributed by atoms with E-state index in [9.17, 15) is 0 Å². The highest BCUT2D eigenvalue weighted by Crippen LogP contribution is 2.43. The van der Waals surface area contributed by atoms with Crippen LogP contribution in [0, 0.1) is 0 Å². The minimum atomic E-state index is -0.238. The van der Waals surface area contributed by atoms with Crippen LogP contribution in [0.4, 0.5) is 28.4 Å². The van der Waals surface area contributed by atoms with Crippen LogP contribution >= 0.6 is 0 Å². The van der Waals surface area contributed by atoms with Crippen molar-refractivity contribution in [1.29, 1.82) is 0 Å². The quantitative estimate of drug-likeness (QED) is 0.199. The summed E-state index contributed by atoms with van der Waals surface area (Å²) in [5.74, 6) is 0. The Bertz CT molecular complexity index is 1450. The van der Waals surface area contributed by atoms with Crippen molar-refractivity contribution in [2.24, 2.45) is 0 Å². The standard InChI is InChI=1S/C38H40N2/c1-6-38(5,31-24-22-30(23-25-31)37(2,3)4)40(35-20-14-9-15-21-35)36-28-26-34(27-29-36)39(32-16-10-7-11-17-32)33-18-12-8-13-19-33/h7-29H,6H2,1-5H3. The molecule has 0 amide bonds. The molecule has 0 aliphatic rings. The first kappa shape index (κ1) is 27.3. The Morgan fingerprint density at radius 3 is 1.20 bits per heavy atom. The summed E-state index contributed by atoms with van der Waals surface area (Å²) in [6.45, 7) is 11.5. The summed E-state index contributed by atoms with van der Waals surface area (Å²) in [6.07, 6.45) is 0.957. The second-order valence-electron chi connectivity index (χ2n) is 11.6. The maximum absolute atomic E-state index is 2.50. The van der Waals surface area contributed by atoms with Crippen molar-refractivity contribution < 1.29 is 0 Å². The van der Waals surface area contributed by atoms with Gasteiger partial charge in [0.2, 0.25) is 0 Å². The molecule has 0 fully saturated rings. The first-order chi connectivity index (χ1) is 19.3. The number of hydrogen-bond acceptors (Lipinski definition) is 2. The van der Waals surface area contributed by atoms with Gasteiger partial charge in [0.1, 0.15) is 0 Å². The third kappa shape index (κ3) is 5.53.